The quantitative estimate of drug-likeness (QED) is 0.0222. The Morgan fingerprint density at radius 3 is 0.810 bits per heavy atom. The Morgan fingerprint density at radius 2 is 0.548 bits per heavy atom. The monoisotopic (exact) mass is 1240 g/mol. The van der Waals surface area contributed by atoms with Crippen LogP contribution in [0.3, 0.4) is 0 Å². The van der Waals surface area contributed by atoms with Gasteiger partial charge in [0.25, 0.3) is 0 Å². The lowest BCUT2D eigenvalue weighted by molar-refractivity contribution is -0.161. The second-order valence-corrected chi connectivity index (χ2v) is 26.9. The molecule has 0 rings (SSSR count). The highest BCUT2D eigenvalue weighted by Gasteiger charge is 2.30. The molecular weight excluding hydrogens is 1110 g/mol. The highest BCUT2D eigenvalue weighted by molar-refractivity contribution is 7.47. The predicted octanol–water partition coefficient (Wildman–Crippen LogP) is 18.2. The summed E-state index contributed by atoms with van der Waals surface area (Å²) in [5.74, 6) is -1.42. The molecule has 0 spiro atoms. The van der Waals surface area contributed by atoms with Crippen LogP contribution in [-0.2, 0) is 65.4 Å². The van der Waals surface area contributed by atoms with Gasteiger partial charge in [-0.3, -0.25) is 37.3 Å². The Hall–Kier alpha value is -1.94. The van der Waals surface area contributed by atoms with E-state index in [9.17, 15) is 43.2 Å². The zero-order valence-corrected chi connectivity index (χ0v) is 55.8. The molecule has 498 valence electrons. The molecule has 0 saturated heterocycles. The Balaban J connectivity index is 5.13. The molecule has 19 heteroatoms. The average molecular weight is 1240 g/mol. The first-order valence-electron chi connectivity index (χ1n) is 34.1. The number of aliphatic hydroxyl groups is 1. The number of hydrogen-bond donors (Lipinski definition) is 3. The van der Waals surface area contributed by atoms with E-state index in [2.05, 4.69) is 34.6 Å². The average Bonchev–Trinajstić information content (AvgIpc) is 3.54. The van der Waals surface area contributed by atoms with Gasteiger partial charge < -0.3 is 33.8 Å². The van der Waals surface area contributed by atoms with E-state index in [0.717, 1.165) is 102 Å². The molecule has 0 radical (unpaired) electrons. The number of rotatable bonds is 65. The van der Waals surface area contributed by atoms with Gasteiger partial charge in [0.1, 0.15) is 19.3 Å². The van der Waals surface area contributed by atoms with Crippen LogP contribution in [0.25, 0.3) is 0 Å². The van der Waals surface area contributed by atoms with Gasteiger partial charge in [0, 0.05) is 25.7 Å². The van der Waals surface area contributed by atoms with Crippen LogP contribution in [0.4, 0.5) is 0 Å². The molecule has 0 fully saturated rings. The zero-order chi connectivity index (χ0) is 62.0. The summed E-state index contributed by atoms with van der Waals surface area (Å²) in [4.78, 5) is 72.0. The van der Waals surface area contributed by atoms with Crippen molar-refractivity contribution in [1.82, 2.24) is 0 Å². The van der Waals surface area contributed by atoms with Gasteiger partial charge in [0.15, 0.2) is 12.2 Å². The van der Waals surface area contributed by atoms with Gasteiger partial charge in [-0.15, -0.1) is 0 Å². The molecule has 5 atom stereocenters. The zero-order valence-electron chi connectivity index (χ0n) is 54.0. The molecule has 0 aliphatic heterocycles. The summed E-state index contributed by atoms with van der Waals surface area (Å²) in [5, 5.41) is 10.5. The highest BCUT2D eigenvalue weighted by atomic mass is 31.2. The van der Waals surface area contributed by atoms with Crippen molar-refractivity contribution in [2.24, 2.45) is 5.92 Å². The first kappa shape index (κ1) is 82.1. The number of phosphoric ester groups is 2. The standard InChI is InChI=1S/C65H126O17P2/c1-6-9-12-15-17-19-21-22-23-24-25-26-27-28-30-36-41-46-51-65(70)82-61(55-76-63(68)49-44-39-34-32-31-33-38-42-47-58(4)5)57-80-84(73,74)78-53-59(66)52-77-83(71,72)79-56-60(54-75-62(67)48-43-37-14-11-8-3)81-64(69)50-45-40-35-29-20-18-16-13-10-7-2/h58-61,66H,6-57H2,1-5H3,(H,71,72)(H,73,74)/t59-,60+,61+/m0/s1. The van der Waals surface area contributed by atoms with Gasteiger partial charge in [-0.25, -0.2) is 9.13 Å². The fraction of sp³-hybridized carbons (Fsp3) is 0.938. The predicted molar refractivity (Wildman–Crippen MR) is 335 cm³/mol. The number of esters is 4. The van der Waals surface area contributed by atoms with E-state index in [4.69, 9.17) is 37.0 Å². The van der Waals surface area contributed by atoms with Crippen molar-refractivity contribution in [3.63, 3.8) is 0 Å². The van der Waals surface area contributed by atoms with E-state index in [1.54, 1.807) is 0 Å². The lowest BCUT2D eigenvalue weighted by Gasteiger charge is -2.21. The SMILES string of the molecule is CCCCCCCCCCCCCCCCCCCCC(=O)O[C@H](COC(=O)CCCCCCCCCCC(C)C)COP(=O)(O)OC[C@@H](O)COP(=O)(O)OC[C@@H](COC(=O)CCCCCCC)OC(=O)CCCCCCCCCCCC. The van der Waals surface area contributed by atoms with Gasteiger partial charge in [0.2, 0.25) is 0 Å². The molecule has 0 aromatic rings. The Morgan fingerprint density at radius 1 is 0.321 bits per heavy atom. The van der Waals surface area contributed by atoms with Crippen LogP contribution < -0.4 is 0 Å². The number of aliphatic hydroxyl groups excluding tert-OH is 1. The second-order valence-electron chi connectivity index (χ2n) is 24.0. The molecule has 0 aromatic heterocycles. The van der Waals surface area contributed by atoms with E-state index in [0.29, 0.717) is 25.7 Å². The Kier molecular flexibility index (Phi) is 57.4. The van der Waals surface area contributed by atoms with Gasteiger partial charge in [-0.05, 0) is 31.6 Å². The first-order valence-corrected chi connectivity index (χ1v) is 37.1. The summed E-state index contributed by atoms with van der Waals surface area (Å²) in [6.45, 7) is 7.08. The maximum Gasteiger partial charge on any atom is 0.472 e. The normalized spacial score (nSPS) is 14.2. The molecule has 0 aliphatic rings. The number of unbranched alkanes of at least 4 members (excludes halogenated alkanes) is 37. The minimum Gasteiger partial charge on any atom is -0.462 e. The minimum absolute atomic E-state index is 0.105. The van der Waals surface area contributed by atoms with Crippen molar-refractivity contribution in [1.29, 1.82) is 0 Å². The minimum atomic E-state index is -4.94. The highest BCUT2D eigenvalue weighted by Crippen LogP contribution is 2.45. The Bertz CT molecular complexity index is 1640. The lowest BCUT2D eigenvalue weighted by atomic mass is 10.0. The van der Waals surface area contributed by atoms with Crippen molar-refractivity contribution in [3.8, 4) is 0 Å². The third-order valence-electron chi connectivity index (χ3n) is 15.0. The lowest BCUT2D eigenvalue weighted by Crippen LogP contribution is -2.30. The number of phosphoric acid groups is 2. The molecule has 3 N–H and O–H groups in total. The van der Waals surface area contributed by atoms with Crippen molar-refractivity contribution in [3.05, 3.63) is 0 Å². The molecule has 17 nitrogen and oxygen atoms in total. The summed E-state index contributed by atoms with van der Waals surface area (Å²) >= 11 is 0. The molecule has 0 saturated carbocycles. The van der Waals surface area contributed by atoms with Crippen LogP contribution in [0.5, 0.6) is 0 Å². The molecule has 0 aliphatic carbocycles. The summed E-state index contributed by atoms with van der Waals surface area (Å²) in [6, 6.07) is 0. The van der Waals surface area contributed by atoms with Crippen molar-refractivity contribution in [2.45, 2.75) is 348 Å². The van der Waals surface area contributed by atoms with Crippen molar-refractivity contribution in [2.75, 3.05) is 39.6 Å². The fourth-order valence-corrected chi connectivity index (χ4v) is 11.3. The van der Waals surface area contributed by atoms with E-state index < -0.39 is 97.5 Å². The third-order valence-corrected chi connectivity index (χ3v) is 16.9. The van der Waals surface area contributed by atoms with E-state index >= 15 is 0 Å². The smallest absolute Gasteiger partial charge is 0.462 e. The third kappa shape index (κ3) is 59.0. The second kappa shape index (κ2) is 58.7. The maximum absolute atomic E-state index is 13.0. The number of hydrogen-bond acceptors (Lipinski definition) is 15. The van der Waals surface area contributed by atoms with Gasteiger partial charge in [-0.1, -0.05) is 279 Å². The summed E-state index contributed by atoms with van der Waals surface area (Å²) < 4.78 is 67.8. The van der Waals surface area contributed by atoms with Crippen LogP contribution >= 0.6 is 15.6 Å². The molecule has 0 amide bonds. The largest absolute Gasteiger partial charge is 0.472 e. The van der Waals surface area contributed by atoms with Crippen molar-refractivity contribution < 1.29 is 80.2 Å². The van der Waals surface area contributed by atoms with E-state index in [-0.39, 0.29) is 25.7 Å². The van der Waals surface area contributed by atoms with Crippen molar-refractivity contribution >= 4 is 39.5 Å². The van der Waals surface area contributed by atoms with Crippen LogP contribution in [0.15, 0.2) is 0 Å². The molecular formula is C65H126O17P2. The summed E-state index contributed by atoms with van der Waals surface area (Å²) in [5.41, 5.74) is 0. The number of ether oxygens (including phenoxy) is 4. The first-order chi connectivity index (χ1) is 40.5. The summed E-state index contributed by atoms with van der Waals surface area (Å²) in [6.07, 6.45) is 43.5. The van der Waals surface area contributed by atoms with Crippen LogP contribution in [-0.4, -0.2) is 96.7 Å². The molecule has 0 aromatic carbocycles. The molecule has 84 heavy (non-hydrogen) atoms. The Labute approximate surface area is 511 Å². The topological polar surface area (TPSA) is 237 Å². The van der Waals surface area contributed by atoms with Crippen LogP contribution in [0, 0.1) is 5.92 Å². The molecule has 2 unspecified atom stereocenters. The van der Waals surface area contributed by atoms with Gasteiger partial charge in [0.05, 0.1) is 26.4 Å². The van der Waals surface area contributed by atoms with E-state index in [1.807, 2.05) is 0 Å². The maximum atomic E-state index is 13.0. The summed E-state index contributed by atoms with van der Waals surface area (Å²) in [7, 11) is -9.88. The number of carbonyl (C=O) groups is 4. The fourth-order valence-electron chi connectivity index (χ4n) is 9.76. The molecule has 0 bridgehead atoms. The van der Waals surface area contributed by atoms with Gasteiger partial charge in [-0.2, -0.15) is 0 Å². The van der Waals surface area contributed by atoms with Gasteiger partial charge >= 0.3 is 39.5 Å². The van der Waals surface area contributed by atoms with Crippen LogP contribution in [0.1, 0.15) is 330 Å². The molecule has 0 heterocycles. The van der Waals surface area contributed by atoms with Crippen LogP contribution in [0.2, 0.25) is 0 Å². The number of carbonyl (C=O) groups excluding carboxylic acids is 4. The van der Waals surface area contributed by atoms with E-state index in [1.165, 1.54) is 148 Å².